The van der Waals surface area contributed by atoms with Crippen LogP contribution in [0.3, 0.4) is 0 Å². The fourth-order valence-electron chi connectivity index (χ4n) is 2.20. The number of nitrogens with one attached hydrogen (secondary N) is 1. The summed E-state index contributed by atoms with van der Waals surface area (Å²) in [6, 6.07) is 5.48. The van der Waals surface area contributed by atoms with E-state index in [0.717, 1.165) is 0 Å². The summed E-state index contributed by atoms with van der Waals surface area (Å²) in [7, 11) is 0. The molecule has 1 aromatic carbocycles. The van der Waals surface area contributed by atoms with Gasteiger partial charge in [0.1, 0.15) is 5.54 Å². The Morgan fingerprint density at radius 2 is 1.67 bits per heavy atom. The number of hydrogen-bond donors (Lipinski definition) is 3. The molecule has 6 nitrogen and oxygen atoms in total. The first-order valence-electron chi connectivity index (χ1n) is 6.70. The van der Waals surface area contributed by atoms with Crippen LogP contribution in [-0.4, -0.2) is 28.4 Å². The zero-order valence-electron chi connectivity index (χ0n) is 12.3. The fraction of sp³-hybridized carbons (Fsp3) is 0.400. The summed E-state index contributed by atoms with van der Waals surface area (Å²) in [5.74, 6) is -2.27. The van der Waals surface area contributed by atoms with Crippen molar-refractivity contribution >= 4 is 17.8 Å². The van der Waals surface area contributed by atoms with E-state index in [1.54, 1.807) is 6.92 Å². The number of benzene rings is 1. The van der Waals surface area contributed by atoms with Gasteiger partial charge in [0.05, 0.1) is 5.56 Å². The summed E-state index contributed by atoms with van der Waals surface area (Å²) in [6.07, 6.45) is 0.374. The van der Waals surface area contributed by atoms with Gasteiger partial charge in [-0.15, -0.1) is 0 Å². The van der Waals surface area contributed by atoms with Gasteiger partial charge in [0.2, 0.25) is 5.91 Å². The van der Waals surface area contributed by atoms with Crippen molar-refractivity contribution in [2.45, 2.75) is 32.7 Å². The second-order valence-corrected chi connectivity index (χ2v) is 5.18. The minimum absolute atomic E-state index is 0.0899. The highest BCUT2D eigenvalue weighted by Crippen LogP contribution is 2.21. The SMILES string of the molecule is CCC(NC(=O)c1ccc(C(=O)O)cc1)(C(N)=O)C(C)C. The molecule has 4 N–H and O–H groups in total. The zero-order chi connectivity index (χ0) is 16.2. The number of carbonyl (C=O) groups excluding carboxylic acids is 2. The predicted octanol–water partition coefficient (Wildman–Crippen LogP) is 1.40. The average Bonchev–Trinajstić information content (AvgIpc) is 2.43. The highest BCUT2D eigenvalue weighted by molar-refractivity contribution is 5.99. The summed E-state index contributed by atoms with van der Waals surface area (Å²) in [6.45, 7) is 5.39. The highest BCUT2D eigenvalue weighted by atomic mass is 16.4. The zero-order valence-corrected chi connectivity index (χ0v) is 12.3. The van der Waals surface area contributed by atoms with Crippen molar-refractivity contribution in [3.05, 3.63) is 35.4 Å². The molecule has 1 rings (SSSR count). The molecule has 0 radical (unpaired) electrons. The number of nitrogens with two attached hydrogens (primary N) is 1. The van der Waals surface area contributed by atoms with Crippen molar-refractivity contribution in [1.82, 2.24) is 5.32 Å². The highest BCUT2D eigenvalue weighted by Gasteiger charge is 2.39. The number of rotatable bonds is 6. The molecule has 0 heterocycles. The van der Waals surface area contributed by atoms with Gasteiger partial charge in [-0.05, 0) is 36.6 Å². The predicted molar refractivity (Wildman–Crippen MR) is 77.9 cm³/mol. The molecule has 1 aromatic rings. The molecular weight excluding hydrogens is 272 g/mol. The van der Waals surface area contributed by atoms with E-state index in [1.165, 1.54) is 24.3 Å². The molecule has 21 heavy (non-hydrogen) atoms. The number of primary amides is 1. The normalized spacial score (nSPS) is 13.5. The van der Waals surface area contributed by atoms with Crippen LogP contribution >= 0.6 is 0 Å². The molecule has 0 aliphatic carbocycles. The van der Waals surface area contributed by atoms with E-state index in [0.29, 0.717) is 6.42 Å². The molecule has 114 valence electrons. The lowest BCUT2D eigenvalue weighted by atomic mass is 9.82. The van der Waals surface area contributed by atoms with Gasteiger partial charge in [-0.25, -0.2) is 4.79 Å². The van der Waals surface area contributed by atoms with E-state index >= 15 is 0 Å². The first kappa shape index (κ1) is 16.7. The van der Waals surface area contributed by atoms with Crippen molar-refractivity contribution in [2.75, 3.05) is 0 Å². The van der Waals surface area contributed by atoms with Crippen LogP contribution in [0.4, 0.5) is 0 Å². The second-order valence-electron chi connectivity index (χ2n) is 5.18. The van der Waals surface area contributed by atoms with Crippen LogP contribution in [0.1, 0.15) is 47.9 Å². The van der Waals surface area contributed by atoms with E-state index in [1.807, 2.05) is 13.8 Å². The van der Waals surface area contributed by atoms with Gasteiger partial charge in [-0.1, -0.05) is 20.8 Å². The maximum Gasteiger partial charge on any atom is 0.335 e. The number of carbonyl (C=O) groups is 3. The van der Waals surface area contributed by atoms with Gasteiger partial charge in [0.15, 0.2) is 0 Å². The van der Waals surface area contributed by atoms with E-state index in [-0.39, 0.29) is 17.0 Å². The third-order valence-electron chi connectivity index (χ3n) is 3.71. The minimum atomic E-state index is -1.12. The molecule has 2 amide bonds. The molecule has 6 heteroatoms. The first-order valence-corrected chi connectivity index (χ1v) is 6.70. The number of amides is 2. The Bertz CT molecular complexity index is 551. The van der Waals surface area contributed by atoms with Crippen LogP contribution < -0.4 is 11.1 Å². The smallest absolute Gasteiger partial charge is 0.335 e. The molecule has 0 spiro atoms. The Morgan fingerprint density at radius 1 is 1.19 bits per heavy atom. The maximum absolute atomic E-state index is 12.2. The molecule has 0 aromatic heterocycles. The molecule has 0 fully saturated rings. The Morgan fingerprint density at radius 3 is 2.00 bits per heavy atom. The quantitative estimate of drug-likeness (QED) is 0.736. The van der Waals surface area contributed by atoms with Gasteiger partial charge in [0.25, 0.3) is 5.91 Å². The Kier molecular flexibility index (Phi) is 5.07. The van der Waals surface area contributed by atoms with Crippen molar-refractivity contribution in [1.29, 1.82) is 0 Å². The van der Waals surface area contributed by atoms with Crippen LogP contribution in [0, 0.1) is 5.92 Å². The molecule has 1 atom stereocenters. The second kappa shape index (κ2) is 6.39. The maximum atomic E-state index is 12.2. The standard InChI is InChI=1S/C15H20N2O4/c1-4-15(9(2)3,14(16)21)17-12(18)10-5-7-11(8-6-10)13(19)20/h5-9H,4H2,1-3H3,(H2,16,21)(H,17,18)(H,19,20). The van der Waals surface area contributed by atoms with E-state index in [9.17, 15) is 14.4 Å². The van der Waals surface area contributed by atoms with Gasteiger partial charge >= 0.3 is 5.97 Å². The summed E-state index contributed by atoms with van der Waals surface area (Å²) in [5, 5.41) is 11.5. The monoisotopic (exact) mass is 292 g/mol. The van der Waals surface area contributed by atoms with E-state index < -0.39 is 23.3 Å². The minimum Gasteiger partial charge on any atom is -0.478 e. The largest absolute Gasteiger partial charge is 0.478 e. The summed E-state index contributed by atoms with van der Waals surface area (Å²) < 4.78 is 0. The fourth-order valence-corrected chi connectivity index (χ4v) is 2.20. The molecule has 0 bridgehead atoms. The number of aromatic carboxylic acids is 1. The van der Waals surface area contributed by atoms with Crippen LogP contribution in [0.5, 0.6) is 0 Å². The lowest BCUT2D eigenvalue weighted by Crippen LogP contribution is -2.60. The number of carboxylic acid groups (broad SMARTS) is 1. The third kappa shape index (κ3) is 3.39. The van der Waals surface area contributed by atoms with Crippen molar-refractivity contribution < 1.29 is 19.5 Å². The Balaban J connectivity index is 3.02. The summed E-state index contributed by atoms with van der Waals surface area (Å²) in [4.78, 5) is 34.8. The Hall–Kier alpha value is -2.37. The molecule has 1 unspecified atom stereocenters. The summed E-state index contributed by atoms with van der Waals surface area (Å²) >= 11 is 0. The molecule has 0 aliphatic heterocycles. The lowest BCUT2D eigenvalue weighted by Gasteiger charge is -2.34. The van der Waals surface area contributed by atoms with Gasteiger partial charge in [-0.2, -0.15) is 0 Å². The van der Waals surface area contributed by atoms with Gasteiger partial charge in [-0.3, -0.25) is 9.59 Å². The molecule has 0 saturated heterocycles. The van der Waals surface area contributed by atoms with E-state index in [4.69, 9.17) is 10.8 Å². The lowest BCUT2D eigenvalue weighted by molar-refractivity contribution is -0.126. The van der Waals surface area contributed by atoms with Gasteiger partial charge in [0, 0.05) is 5.56 Å². The summed E-state index contributed by atoms with van der Waals surface area (Å²) in [5.41, 5.74) is 4.69. The van der Waals surface area contributed by atoms with Crippen LogP contribution in [-0.2, 0) is 4.79 Å². The topological polar surface area (TPSA) is 109 Å². The van der Waals surface area contributed by atoms with Crippen LogP contribution in [0.25, 0.3) is 0 Å². The van der Waals surface area contributed by atoms with Crippen molar-refractivity contribution in [2.24, 2.45) is 11.7 Å². The first-order chi connectivity index (χ1) is 9.74. The van der Waals surface area contributed by atoms with Crippen molar-refractivity contribution in [3.63, 3.8) is 0 Å². The van der Waals surface area contributed by atoms with E-state index in [2.05, 4.69) is 5.32 Å². The number of hydrogen-bond acceptors (Lipinski definition) is 3. The molecular formula is C15H20N2O4. The van der Waals surface area contributed by atoms with Crippen LogP contribution in [0.15, 0.2) is 24.3 Å². The van der Waals surface area contributed by atoms with Gasteiger partial charge < -0.3 is 16.2 Å². The molecule has 0 aliphatic rings. The molecule has 0 saturated carbocycles. The Labute approximate surface area is 123 Å². The van der Waals surface area contributed by atoms with Crippen LogP contribution in [0.2, 0.25) is 0 Å². The number of carboxylic acids is 1. The van der Waals surface area contributed by atoms with Crippen molar-refractivity contribution in [3.8, 4) is 0 Å². The average molecular weight is 292 g/mol. The third-order valence-corrected chi connectivity index (χ3v) is 3.71.